The van der Waals surface area contributed by atoms with Gasteiger partial charge in [-0.05, 0) is 78.4 Å². The van der Waals surface area contributed by atoms with Crippen molar-refractivity contribution in [1.29, 1.82) is 0 Å². The Morgan fingerprint density at radius 2 is 0.974 bits per heavy atom. The Hall–Kier alpha value is -1.03. The molecule has 0 aromatic heterocycles. The monoisotopic (exact) mass is 538 g/mol. The lowest BCUT2D eigenvalue weighted by atomic mass is 10.0. The molecule has 0 aliphatic heterocycles. The molecule has 0 saturated carbocycles. The molecule has 226 valence electrons. The lowest BCUT2D eigenvalue weighted by molar-refractivity contribution is 0.0422. The van der Waals surface area contributed by atoms with E-state index in [1.54, 1.807) is 0 Å². The van der Waals surface area contributed by atoms with Crippen molar-refractivity contribution in [2.75, 3.05) is 20.6 Å². The van der Waals surface area contributed by atoms with Gasteiger partial charge >= 0.3 is 6.16 Å². The van der Waals surface area contributed by atoms with Gasteiger partial charge in [0.2, 0.25) is 0 Å². The van der Waals surface area contributed by atoms with Crippen LogP contribution in [0.4, 0.5) is 4.79 Å². The zero-order valence-electron chi connectivity index (χ0n) is 26.0. The molecule has 0 amide bonds. The smallest absolute Gasteiger partial charge is 0.450 e. The van der Waals surface area contributed by atoms with Crippen LogP contribution in [0.15, 0.2) is 12.2 Å². The Morgan fingerprint density at radius 1 is 0.605 bits per heavy atom. The number of rotatable bonds is 30. The predicted molar refractivity (Wildman–Crippen MR) is 166 cm³/mol. The number of unbranched alkanes of at least 4 members (excludes halogenated alkanes) is 21. The molecule has 0 saturated heterocycles. The Morgan fingerprint density at radius 3 is 1.37 bits per heavy atom. The number of hydrogen-bond acceptors (Lipinski definition) is 3. The van der Waals surface area contributed by atoms with Gasteiger partial charge in [0.25, 0.3) is 0 Å². The van der Waals surface area contributed by atoms with Crippen LogP contribution in [0.2, 0.25) is 0 Å². The van der Waals surface area contributed by atoms with E-state index in [1.165, 1.54) is 148 Å². The second-order valence-corrected chi connectivity index (χ2v) is 11.9. The van der Waals surface area contributed by atoms with Crippen LogP contribution in [-0.2, 0) is 4.74 Å². The highest BCUT2D eigenvalue weighted by molar-refractivity contribution is 5.57. The van der Waals surface area contributed by atoms with E-state index < -0.39 is 6.16 Å². The summed E-state index contributed by atoms with van der Waals surface area (Å²) < 4.78 is 5.19. The topological polar surface area (TPSA) is 49.8 Å². The first-order chi connectivity index (χ1) is 18.6. The van der Waals surface area contributed by atoms with Gasteiger partial charge in [0.05, 0.1) is 0 Å². The van der Waals surface area contributed by atoms with Crippen LogP contribution in [0.1, 0.15) is 174 Å². The maximum Gasteiger partial charge on any atom is 0.506 e. The molecule has 0 fully saturated rings. The highest BCUT2D eigenvalue weighted by Gasteiger charge is 2.13. The van der Waals surface area contributed by atoms with Crippen molar-refractivity contribution in [3.05, 3.63) is 12.2 Å². The SMILES string of the molecule is CCCCCCCCC=CCCCCCCCC(CCCCCCCCCCCCCN(C)C)OC(=O)O. The molecular weight excluding hydrogens is 470 g/mol. The van der Waals surface area contributed by atoms with Crippen LogP contribution in [0.25, 0.3) is 0 Å². The van der Waals surface area contributed by atoms with E-state index in [0.29, 0.717) is 0 Å². The predicted octanol–water partition coefficient (Wildman–Crippen LogP) is 11.3. The number of carbonyl (C=O) groups is 1. The lowest BCUT2D eigenvalue weighted by Crippen LogP contribution is -2.16. The zero-order chi connectivity index (χ0) is 27.9. The van der Waals surface area contributed by atoms with Crippen LogP contribution in [0.3, 0.4) is 0 Å². The summed E-state index contributed by atoms with van der Waals surface area (Å²) in [5, 5.41) is 9.09. The average Bonchev–Trinajstić information content (AvgIpc) is 2.88. The van der Waals surface area contributed by atoms with Gasteiger partial charge in [0.15, 0.2) is 0 Å². The third kappa shape index (κ3) is 31.2. The van der Waals surface area contributed by atoms with Crippen LogP contribution >= 0.6 is 0 Å². The molecule has 4 nitrogen and oxygen atoms in total. The largest absolute Gasteiger partial charge is 0.506 e. The normalized spacial score (nSPS) is 12.5. The van der Waals surface area contributed by atoms with Crippen molar-refractivity contribution in [2.45, 2.75) is 180 Å². The summed E-state index contributed by atoms with van der Waals surface area (Å²) in [7, 11) is 4.30. The van der Waals surface area contributed by atoms with Crippen molar-refractivity contribution in [2.24, 2.45) is 0 Å². The molecule has 4 heteroatoms. The van der Waals surface area contributed by atoms with Gasteiger partial charge < -0.3 is 14.7 Å². The molecule has 0 aromatic carbocycles. The van der Waals surface area contributed by atoms with Crippen molar-refractivity contribution >= 4 is 6.16 Å². The summed E-state index contributed by atoms with van der Waals surface area (Å²) in [5.74, 6) is 0. The molecule has 0 spiro atoms. The fourth-order valence-corrected chi connectivity index (χ4v) is 5.24. The van der Waals surface area contributed by atoms with E-state index in [2.05, 4.69) is 38.1 Å². The molecule has 0 bridgehead atoms. The summed E-state index contributed by atoms with van der Waals surface area (Å²) >= 11 is 0. The van der Waals surface area contributed by atoms with Gasteiger partial charge in [-0.25, -0.2) is 4.79 Å². The van der Waals surface area contributed by atoms with Gasteiger partial charge in [0.1, 0.15) is 6.10 Å². The van der Waals surface area contributed by atoms with Crippen LogP contribution in [0.5, 0.6) is 0 Å². The third-order valence-corrected chi connectivity index (χ3v) is 7.69. The molecular formula is C34H67NO3. The van der Waals surface area contributed by atoms with Crippen LogP contribution < -0.4 is 0 Å². The first kappa shape index (κ1) is 37.0. The molecule has 0 heterocycles. The minimum Gasteiger partial charge on any atom is -0.450 e. The van der Waals surface area contributed by atoms with Crippen molar-refractivity contribution in [3.63, 3.8) is 0 Å². The fraction of sp³-hybridized carbons (Fsp3) is 0.912. The Kier molecular flexibility index (Phi) is 29.7. The second-order valence-electron chi connectivity index (χ2n) is 11.9. The number of nitrogens with zero attached hydrogens (tertiary/aromatic N) is 1. The maximum atomic E-state index is 11.1. The third-order valence-electron chi connectivity index (χ3n) is 7.69. The Balaban J connectivity index is 3.55. The summed E-state index contributed by atoms with van der Waals surface area (Å²) in [6.45, 7) is 3.49. The van der Waals surface area contributed by atoms with Crippen molar-refractivity contribution in [1.82, 2.24) is 4.90 Å². The number of ether oxygens (including phenoxy) is 1. The van der Waals surface area contributed by atoms with Gasteiger partial charge in [-0.3, -0.25) is 0 Å². The minimum absolute atomic E-state index is 0.107. The Labute approximate surface area is 238 Å². The first-order valence-corrected chi connectivity index (χ1v) is 16.8. The van der Waals surface area contributed by atoms with E-state index in [4.69, 9.17) is 9.84 Å². The highest BCUT2D eigenvalue weighted by Crippen LogP contribution is 2.18. The number of hydrogen-bond donors (Lipinski definition) is 1. The molecule has 1 unspecified atom stereocenters. The summed E-state index contributed by atoms with van der Waals surface area (Å²) in [6.07, 6.45) is 36.6. The molecule has 0 radical (unpaired) electrons. The van der Waals surface area contributed by atoms with Gasteiger partial charge in [0, 0.05) is 0 Å². The van der Waals surface area contributed by atoms with Gasteiger partial charge in [-0.1, -0.05) is 128 Å². The van der Waals surface area contributed by atoms with Gasteiger partial charge in [-0.15, -0.1) is 0 Å². The zero-order valence-corrected chi connectivity index (χ0v) is 26.0. The average molecular weight is 538 g/mol. The number of carboxylic acid groups (broad SMARTS) is 1. The molecule has 0 rings (SSSR count). The minimum atomic E-state index is -1.11. The number of allylic oxidation sites excluding steroid dienone is 2. The van der Waals surface area contributed by atoms with E-state index in [0.717, 1.165) is 25.7 Å². The molecule has 0 aromatic rings. The summed E-state index contributed by atoms with van der Waals surface area (Å²) in [5.41, 5.74) is 0. The fourth-order valence-electron chi connectivity index (χ4n) is 5.24. The molecule has 0 aliphatic carbocycles. The van der Waals surface area contributed by atoms with Gasteiger partial charge in [-0.2, -0.15) is 0 Å². The van der Waals surface area contributed by atoms with E-state index in [9.17, 15) is 4.79 Å². The molecule has 1 atom stereocenters. The quantitative estimate of drug-likeness (QED) is 0.0562. The van der Waals surface area contributed by atoms with Crippen molar-refractivity contribution < 1.29 is 14.6 Å². The first-order valence-electron chi connectivity index (χ1n) is 16.8. The lowest BCUT2D eigenvalue weighted by Gasteiger charge is -2.16. The van der Waals surface area contributed by atoms with Crippen molar-refractivity contribution in [3.8, 4) is 0 Å². The Bertz CT molecular complexity index is 506. The standard InChI is InChI=1S/C34H67NO3/c1-4-5-6-7-8-9-10-11-12-13-15-18-21-24-27-30-33(38-34(36)37)31-28-25-22-19-16-14-17-20-23-26-29-32-35(2)3/h11-12,33H,4-10,13-32H2,1-3H3,(H,36,37). The van der Waals surface area contributed by atoms with E-state index in [1.807, 2.05) is 0 Å². The van der Waals surface area contributed by atoms with Crippen LogP contribution in [0, 0.1) is 0 Å². The highest BCUT2D eigenvalue weighted by atomic mass is 16.7. The van der Waals surface area contributed by atoms with Crippen LogP contribution in [-0.4, -0.2) is 42.9 Å². The summed E-state index contributed by atoms with van der Waals surface area (Å²) in [4.78, 5) is 13.4. The maximum absolute atomic E-state index is 11.1. The molecule has 1 N–H and O–H groups in total. The second kappa shape index (κ2) is 30.5. The summed E-state index contributed by atoms with van der Waals surface area (Å²) in [6, 6.07) is 0. The van der Waals surface area contributed by atoms with E-state index in [-0.39, 0.29) is 6.10 Å². The molecule has 0 aliphatic rings. The molecule has 38 heavy (non-hydrogen) atoms. The van der Waals surface area contributed by atoms with E-state index >= 15 is 0 Å².